The molecule has 38 heavy (non-hydrogen) atoms. The van der Waals surface area contributed by atoms with Gasteiger partial charge in [-0.15, -0.1) is 0 Å². The summed E-state index contributed by atoms with van der Waals surface area (Å²) in [4.78, 5) is 48.7. The Hall–Kier alpha value is -4.46. The molecule has 196 valence electrons. The molecule has 1 amide bonds. The average molecular weight is 516 g/mol. The smallest absolute Gasteiger partial charge is 0.407 e. The van der Waals surface area contributed by atoms with Gasteiger partial charge in [0.1, 0.15) is 18.2 Å². The summed E-state index contributed by atoms with van der Waals surface area (Å²) >= 11 is 0. The van der Waals surface area contributed by atoms with Crippen LogP contribution in [-0.4, -0.2) is 47.2 Å². The number of ketones is 1. The summed E-state index contributed by atoms with van der Waals surface area (Å²) in [5.41, 5.74) is 4.17. The minimum Gasteiger partial charge on any atom is -0.480 e. The molecule has 0 heterocycles. The van der Waals surface area contributed by atoms with Crippen molar-refractivity contribution >= 4 is 23.8 Å². The van der Waals surface area contributed by atoms with Gasteiger partial charge in [-0.1, -0.05) is 72.8 Å². The minimum atomic E-state index is -1.25. The van der Waals surface area contributed by atoms with Gasteiger partial charge in [-0.25, -0.2) is 14.4 Å². The number of amides is 1. The molecule has 2 N–H and O–H groups in total. The number of carbonyl (C=O) groups is 4. The third-order valence-electron chi connectivity index (χ3n) is 6.17. The lowest BCUT2D eigenvalue weighted by Gasteiger charge is -2.19. The van der Waals surface area contributed by atoms with Crippen LogP contribution in [0.4, 0.5) is 4.79 Å². The van der Waals surface area contributed by atoms with Crippen molar-refractivity contribution in [2.75, 3.05) is 6.61 Å². The van der Waals surface area contributed by atoms with Gasteiger partial charge in [-0.3, -0.25) is 4.79 Å². The van der Waals surface area contributed by atoms with Crippen LogP contribution in [0.3, 0.4) is 0 Å². The van der Waals surface area contributed by atoms with Gasteiger partial charge in [0.25, 0.3) is 5.78 Å². The second-order valence-corrected chi connectivity index (χ2v) is 10.1. The summed E-state index contributed by atoms with van der Waals surface area (Å²) < 4.78 is 10.6. The topological polar surface area (TPSA) is 119 Å². The van der Waals surface area contributed by atoms with E-state index in [-0.39, 0.29) is 24.5 Å². The Labute approximate surface area is 220 Å². The molecule has 0 spiro atoms. The number of esters is 1. The van der Waals surface area contributed by atoms with Crippen LogP contribution in [0.2, 0.25) is 0 Å². The van der Waals surface area contributed by atoms with E-state index in [4.69, 9.17) is 9.47 Å². The number of hydrogen-bond donors (Lipinski definition) is 2. The number of nitrogens with one attached hydrogen (secondary N) is 1. The molecule has 0 fully saturated rings. The fourth-order valence-corrected chi connectivity index (χ4v) is 4.45. The fourth-order valence-electron chi connectivity index (χ4n) is 4.45. The van der Waals surface area contributed by atoms with Crippen molar-refractivity contribution in [3.63, 3.8) is 0 Å². The lowest BCUT2D eigenvalue weighted by atomic mass is 9.98. The summed E-state index contributed by atoms with van der Waals surface area (Å²) in [5.74, 6) is -3.14. The first-order valence-electron chi connectivity index (χ1n) is 12.2. The molecule has 4 rings (SSSR count). The highest BCUT2D eigenvalue weighted by Crippen LogP contribution is 2.44. The summed E-state index contributed by atoms with van der Waals surface area (Å²) in [6.45, 7) is 5.05. The number of carboxylic acid groups (broad SMARTS) is 1. The van der Waals surface area contributed by atoms with E-state index >= 15 is 0 Å². The second kappa shape index (κ2) is 10.9. The Bertz CT molecular complexity index is 1330. The molecule has 0 saturated heterocycles. The zero-order valence-corrected chi connectivity index (χ0v) is 21.4. The predicted octanol–water partition coefficient (Wildman–Crippen LogP) is 4.75. The maximum Gasteiger partial charge on any atom is 0.407 e. The number of hydrogen-bond acceptors (Lipinski definition) is 6. The maximum atomic E-state index is 12.6. The Morgan fingerprint density at radius 3 is 1.95 bits per heavy atom. The van der Waals surface area contributed by atoms with Gasteiger partial charge >= 0.3 is 18.0 Å². The number of benzene rings is 3. The number of carboxylic acids is 1. The van der Waals surface area contributed by atoms with Gasteiger partial charge in [0.2, 0.25) is 0 Å². The molecule has 0 aliphatic heterocycles. The summed E-state index contributed by atoms with van der Waals surface area (Å²) in [6, 6.07) is 20.5. The number of aliphatic carboxylic acids is 1. The van der Waals surface area contributed by atoms with Crippen molar-refractivity contribution in [1.29, 1.82) is 0 Å². The van der Waals surface area contributed by atoms with E-state index in [2.05, 4.69) is 5.32 Å². The highest BCUT2D eigenvalue weighted by atomic mass is 16.6. The molecule has 8 heteroatoms. The largest absolute Gasteiger partial charge is 0.480 e. The van der Waals surface area contributed by atoms with E-state index in [1.807, 2.05) is 48.5 Å². The predicted molar refractivity (Wildman–Crippen MR) is 140 cm³/mol. The Morgan fingerprint density at radius 2 is 1.42 bits per heavy atom. The third kappa shape index (κ3) is 6.08. The molecular weight excluding hydrogens is 486 g/mol. The van der Waals surface area contributed by atoms with E-state index in [9.17, 15) is 24.3 Å². The Morgan fingerprint density at radius 1 is 0.868 bits per heavy atom. The first-order valence-corrected chi connectivity index (χ1v) is 12.2. The van der Waals surface area contributed by atoms with Crippen LogP contribution in [0.1, 0.15) is 53.7 Å². The maximum absolute atomic E-state index is 12.6. The number of fused-ring (bicyclic) bond motifs is 3. The van der Waals surface area contributed by atoms with Gasteiger partial charge in [0.05, 0.1) is 0 Å². The van der Waals surface area contributed by atoms with Crippen molar-refractivity contribution in [2.24, 2.45) is 0 Å². The molecule has 1 aliphatic rings. The van der Waals surface area contributed by atoms with Crippen LogP contribution in [0, 0.1) is 0 Å². The average Bonchev–Trinajstić information content (AvgIpc) is 3.19. The summed E-state index contributed by atoms with van der Waals surface area (Å²) in [7, 11) is 0. The highest BCUT2D eigenvalue weighted by molar-refractivity contribution is 6.40. The van der Waals surface area contributed by atoms with E-state index in [0.717, 1.165) is 22.3 Å². The zero-order chi connectivity index (χ0) is 27.4. The number of rotatable bonds is 8. The molecular formula is C30H29NO7. The fraction of sp³-hybridized carbons (Fsp3) is 0.267. The second-order valence-electron chi connectivity index (χ2n) is 10.1. The molecule has 0 aromatic heterocycles. The SMILES string of the molecule is CC(C)(C)OC(=O)C(=O)c1ccc(C[C@H](NC(=O)OCC2c3ccccc3-c3ccccc32)C(=O)O)cc1. The third-order valence-corrected chi connectivity index (χ3v) is 6.17. The first-order chi connectivity index (χ1) is 18.0. The molecule has 1 atom stereocenters. The lowest BCUT2D eigenvalue weighted by molar-refractivity contribution is -0.148. The Kier molecular flexibility index (Phi) is 7.62. The van der Waals surface area contributed by atoms with Crippen molar-refractivity contribution in [3.05, 3.63) is 95.1 Å². The normalized spacial score (nSPS) is 13.1. The van der Waals surface area contributed by atoms with Crippen molar-refractivity contribution in [2.45, 2.75) is 44.8 Å². The first kappa shape index (κ1) is 26.6. The molecule has 3 aromatic rings. The van der Waals surface area contributed by atoms with Gasteiger partial charge in [-0.05, 0) is 48.6 Å². The van der Waals surface area contributed by atoms with Crippen LogP contribution in [0.5, 0.6) is 0 Å². The molecule has 0 bridgehead atoms. The quantitative estimate of drug-likeness (QED) is 0.253. The Balaban J connectivity index is 1.37. The standard InChI is InChI=1S/C30H29NO7/c1-30(2,3)38-28(35)26(32)19-14-12-18(13-15-19)16-25(27(33)34)31-29(36)37-17-24-22-10-6-4-8-20(22)21-9-5-7-11-23(21)24/h4-15,24-25H,16-17H2,1-3H3,(H,31,36)(H,33,34)/t25-/m0/s1. The number of ether oxygens (including phenoxy) is 2. The lowest BCUT2D eigenvalue weighted by Crippen LogP contribution is -2.42. The van der Waals surface area contributed by atoms with Crippen LogP contribution >= 0.6 is 0 Å². The molecule has 1 aliphatic carbocycles. The monoisotopic (exact) mass is 515 g/mol. The molecule has 0 radical (unpaired) electrons. The van der Waals surface area contributed by atoms with E-state index in [0.29, 0.717) is 5.56 Å². The van der Waals surface area contributed by atoms with Crippen LogP contribution in [0.15, 0.2) is 72.8 Å². The van der Waals surface area contributed by atoms with Crippen LogP contribution < -0.4 is 5.32 Å². The van der Waals surface area contributed by atoms with E-state index in [1.165, 1.54) is 24.3 Å². The molecule has 8 nitrogen and oxygen atoms in total. The minimum absolute atomic E-state index is 0.0412. The van der Waals surface area contributed by atoms with Crippen LogP contribution in [-0.2, 0) is 25.5 Å². The van der Waals surface area contributed by atoms with Crippen molar-refractivity contribution in [3.8, 4) is 11.1 Å². The van der Waals surface area contributed by atoms with Crippen molar-refractivity contribution < 1.29 is 33.8 Å². The highest BCUT2D eigenvalue weighted by Gasteiger charge is 2.30. The summed E-state index contributed by atoms with van der Waals surface area (Å²) in [6.07, 6.45) is -0.878. The zero-order valence-electron chi connectivity index (χ0n) is 21.4. The van der Waals surface area contributed by atoms with Crippen LogP contribution in [0.25, 0.3) is 11.1 Å². The van der Waals surface area contributed by atoms with E-state index < -0.39 is 35.5 Å². The van der Waals surface area contributed by atoms with Gasteiger partial charge < -0.3 is 19.9 Å². The van der Waals surface area contributed by atoms with E-state index in [1.54, 1.807) is 20.8 Å². The number of Topliss-reactive ketones (excluding diaryl/α,β-unsaturated/α-hetero) is 1. The molecule has 3 aromatic carbocycles. The van der Waals surface area contributed by atoms with Gasteiger partial charge in [0, 0.05) is 17.9 Å². The summed E-state index contributed by atoms with van der Waals surface area (Å²) in [5, 5.41) is 12.1. The number of carbonyl (C=O) groups excluding carboxylic acids is 3. The number of alkyl carbamates (subject to hydrolysis) is 1. The molecule has 0 unspecified atom stereocenters. The van der Waals surface area contributed by atoms with Crippen molar-refractivity contribution in [1.82, 2.24) is 5.32 Å². The van der Waals surface area contributed by atoms with Gasteiger partial charge in [0.15, 0.2) is 0 Å². The van der Waals surface area contributed by atoms with Gasteiger partial charge in [-0.2, -0.15) is 0 Å². The molecule has 0 saturated carbocycles.